The van der Waals surface area contributed by atoms with Gasteiger partial charge in [0.05, 0.1) is 5.54 Å². The summed E-state index contributed by atoms with van der Waals surface area (Å²) in [5.41, 5.74) is 5.45. The minimum atomic E-state index is -0.646. The Bertz CT molecular complexity index is 247. The predicted octanol–water partition coefficient (Wildman–Crippen LogP) is 0.524. The van der Waals surface area contributed by atoms with Crippen LogP contribution in [-0.2, 0) is 4.79 Å². The van der Waals surface area contributed by atoms with Crippen molar-refractivity contribution in [3.8, 4) is 0 Å². The average Bonchev–Trinajstić information content (AvgIpc) is 2.98. The Morgan fingerprint density at radius 2 is 1.88 bits per heavy atom. The van der Waals surface area contributed by atoms with Crippen molar-refractivity contribution >= 4 is 5.91 Å². The van der Waals surface area contributed by atoms with E-state index in [1.807, 2.05) is 28.1 Å². The van der Waals surface area contributed by atoms with Gasteiger partial charge in [0.1, 0.15) is 0 Å². The maximum absolute atomic E-state index is 12.1. The van der Waals surface area contributed by atoms with Gasteiger partial charge in [-0.15, -0.1) is 0 Å². The van der Waals surface area contributed by atoms with Gasteiger partial charge in [-0.25, -0.2) is 0 Å². The number of amides is 1. The Balaban J connectivity index is 2.35. The van der Waals surface area contributed by atoms with Gasteiger partial charge in [-0.05, 0) is 52.7 Å². The summed E-state index contributed by atoms with van der Waals surface area (Å²) in [6.45, 7) is 3.66. The van der Waals surface area contributed by atoms with Crippen molar-refractivity contribution in [3.05, 3.63) is 0 Å². The van der Waals surface area contributed by atoms with Crippen LogP contribution in [0.3, 0.4) is 0 Å². The van der Waals surface area contributed by atoms with Gasteiger partial charge in [0, 0.05) is 13.6 Å². The third-order valence-corrected chi connectivity index (χ3v) is 3.33. The number of nitrogens with zero attached hydrogens (tertiary/aromatic N) is 2. The molecule has 1 unspecified atom stereocenters. The molecule has 0 aliphatic heterocycles. The topological polar surface area (TPSA) is 49.6 Å². The number of hydrogen-bond donors (Lipinski definition) is 1. The molecule has 1 fully saturated rings. The van der Waals surface area contributed by atoms with Crippen LogP contribution in [0.4, 0.5) is 0 Å². The molecule has 0 radical (unpaired) electrons. The zero-order valence-electron chi connectivity index (χ0n) is 11.0. The molecule has 1 aliphatic carbocycles. The van der Waals surface area contributed by atoms with Crippen molar-refractivity contribution in [3.63, 3.8) is 0 Å². The molecular weight excluding hydrogens is 202 g/mol. The second kappa shape index (κ2) is 5.15. The van der Waals surface area contributed by atoms with Crippen LogP contribution in [0.15, 0.2) is 0 Å². The molecule has 94 valence electrons. The molecule has 0 bridgehead atoms. The van der Waals surface area contributed by atoms with E-state index in [2.05, 4.69) is 4.90 Å². The SMILES string of the molecule is CN(C)CCCN(C)C(=O)C(C)(N)C1CC1. The highest BCUT2D eigenvalue weighted by atomic mass is 16.2. The lowest BCUT2D eigenvalue weighted by atomic mass is 9.95. The molecule has 2 N–H and O–H groups in total. The fourth-order valence-electron chi connectivity index (χ4n) is 1.99. The Kier molecular flexibility index (Phi) is 4.33. The first kappa shape index (κ1) is 13.5. The van der Waals surface area contributed by atoms with Crippen LogP contribution in [0.5, 0.6) is 0 Å². The maximum atomic E-state index is 12.1. The van der Waals surface area contributed by atoms with Crippen molar-refractivity contribution in [1.29, 1.82) is 0 Å². The molecule has 1 aliphatic rings. The summed E-state index contributed by atoms with van der Waals surface area (Å²) in [5, 5.41) is 0. The predicted molar refractivity (Wildman–Crippen MR) is 66.1 cm³/mol. The third-order valence-electron chi connectivity index (χ3n) is 3.33. The van der Waals surface area contributed by atoms with Gasteiger partial charge in [-0.2, -0.15) is 0 Å². The van der Waals surface area contributed by atoms with E-state index in [-0.39, 0.29) is 5.91 Å². The first-order valence-electron chi connectivity index (χ1n) is 6.05. The Hall–Kier alpha value is -0.610. The van der Waals surface area contributed by atoms with Gasteiger partial charge in [0.2, 0.25) is 5.91 Å². The van der Waals surface area contributed by atoms with E-state index in [1.54, 1.807) is 4.90 Å². The first-order chi connectivity index (χ1) is 7.35. The number of hydrogen-bond acceptors (Lipinski definition) is 3. The molecule has 4 heteroatoms. The second-order valence-electron chi connectivity index (χ2n) is 5.44. The highest BCUT2D eigenvalue weighted by Gasteiger charge is 2.45. The molecule has 0 saturated heterocycles. The summed E-state index contributed by atoms with van der Waals surface area (Å²) in [4.78, 5) is 16.0. The summed E-state index contributed by atoms with van der Waals surface area (Å²) >= 11 is 0. The van der Waals surface area contributed by atoms with E-state index < -0.39 is 5.54 Å². The number of rotatable bonds is 6. The fourth-order valence-corrected chi connectivity index (χ4v) is 1.99. The maximum Gasteiger partial charge on any atom is 0.242 e. The van der Waals surface area contributed by atoms with Crippen molar-refractivity contribution in [2.24, 2.45) is 11.7 Å². The van der Waals surface area contributed by atoms with Gasteiger partial charge in [0.25, 0.3) is 0 Å². The van der Waals surface area contributed by atoms with Gasteiger partial charge in [-0.1, -0.05) is 0 Å². The highest BCUT2D eigenvalue weighted by molar-refractivity contribution is 5.86. The van der Waals surface area contributed by atoms with Crippen molar-refractivity contribution in [1.82, 2.24) is 9.80 Å². The normalized spacial score (nSPS) is 19.6. The Morgan fingerprint density at radius 3 is 2.31 bits per heavy atom. The summed E-state index contributed by atoms with van der Waals surface area (Å²) in [7, 11) is 5.93. The Morgan fingerprint density at radius 1 is 1.31 bits per heavy atom. The minimum absolute atomic E-state index is 0.0914. The van der Waals surface area contributed by atoms with Crippen molar-refractivity contribution < 1.29 is 4.79 Å². The van der Waals surface area contributed by atoms with Gasteiger partial charge in [0.15, 0.2) is 0 Å². The van der Waals surface area contributed by atoms with Crippen LogP contribution in [0.1, 0.15) is 26.2 Å². The molecule has 1 rings (SSSR count). The quantitative estimate of drug-likeness (QED) is 0.720. The van der Waals surface area contributed by atoms with E-state index in [9.17, 15) is 4.79 Å². The molecule has 0 aromatic carbocycles. The molecule has 4 nitrogen and oxygen atoms in total. The number of nitrogens with two attached hydrogens (primary N) is 1. The van der Waals surface area contributed by atoms with E-state index in [1.165, 1.54) is 0 Å². The molecule has 0 heterocycles. The number of carbonyl (C=O) groups excluding carboxylic acids is 1. The average molecular weight is 227 g/mol. The van der Waals surface area contributed by atoms with Crippen molar-refractivity contribution in [2.45, 2.75) is 31.7 Å². The fraction of sp³-hybridized carbons (Fsp3) is 0.917. The van der Waals surface area contributed by atoms with Crippen LogP contribution in [0.2, 0.25) is 0 Å². The standard InChI is InChI=1S/C12H25N3O/c1-12(13,10-6-7-10)11(16)15(4)9-5-8-14(2)3/h10H,5-9,13H2,1-4H3. The zero-order chi connectivity index (χ0) is 12.3. The third kappa shape index (κ3) is 3.46. The smallest absolute Gasteiger partial charge is 0.242 e. The minimum Gasteiger partial charge on any atom is -0.344 e. The summed E-state index contributed by atoms with van der Waals surface area (Å²) < 4.78 is 0. The summed E-state index contributed by atoms with van der Waals surface area (Å²) in [6, 6.07) is 0. The summed E-state index contributed by atoms with van der Waals surface area (Å²) in [5.74, 6) is 0.491. The zero-order valence-corrected chi connectivity index (χ0v) is 11.0. The lowest BCUT2D eigenvalue weighted by Crippen LogP contribution is -2.54. The van der Waals surface area contributed by atoms with E-state index >= 15 is 0 Å². The largest absolute Gasteiger partial charge is 0.344 e. The van der Waals surface area contributed by atoms with E-state index in [4.69, 9.17) is 5.73 Å². The van der Waals surface area contributed by atoms with Crippen LogP contribution in [0, 0.1) is 5.92 Å². The van der Waals surface area contributed by atoms with Crippen LogP contribution >= 0.6 is 0 Å². The molecule has 1 saturated carbocycles. The second-order valence-corrected chi connectivity index (χ2v) is 5.44. The van der Waals surface area contributed by atoms with Gasteiger partial charge >= 0.3 is 0 Å². The number of likely N-dealkylation sites (N-methyl/N-ethyl adjacent to an activating group) is 1. The lowest BCUT2D eigenvalue weighted by Gasteiger charge is -2.29. The lowest BCUT2D eigenvalue weighted by molar-refractivity contribution is -0.135. The molecule has 1 amide bonds. The van der Waals surface area contributed by atoms with Crippen LogP contribution in [0.25, 0.3) is 0 Å². The van der Waals surface area contributed by atoms with Gasteiger partial charge in [-0.3, -0.25) is 4.79 Å². The van der Waals surface area contributed by atoms with Crippen molar-refractivity contribution in [2.75, 3.05) is 34.2 Å². The molecule has 16 heavy (non-hydrogen) atoms. The van der Waals surface area contributed by atoms with Gasteiger partial charge < -0.3 is 15.5 Å². The highest BCUT2D eigenvalue weighted by Crippen LogP contribution is 2.38. The molecular formula is C12H25N3O. The monoisotopic (exact) mass is 227 g/mol. The number of carbonyl (C=O) groups is 1. The van der Waals surface area contributed by atoms with E-state index in [0.29, 0.717) is 5.92 Å². The Labute approximate surface area is 98.8 Å². The molecule has 0 aromatic rings. The van der Waals surface area contributed by atoms with Crippen LogP contribution in [-0.4, -0.2) is 55.5 Å². The molecule has 0 aromatic heterocycles. The van der Waals surface area contributed by atoms with Crippen LogP contribution < -0.4 is 5.73 Å². The summed E-state index contributed by atoms with van der Waals surface area (Å²) in [6.07, 6.45) is 3.20. The molecule has 1 atom stereocenters. The first-order valence-corrected chi connectivity index (χ1v) is 6.05. The van der Waals surface area contributed by atoms with E-state index in [0.717, 1.165) is 32.4 Å². The molecule has 0 spiro atoms.